The summed E-state index contributed by atoms with van der Waals surface area (Å²) in [7, 11) is 0. The standard InChI is InChI=1S/C28H46N2O.C9H10F2.C2H6.2CH2O.FH/c1-6-7-9-12-22(4)28(31)30-27(23(5)29-26-13-10-8-11-14-26)20-25-17-15-24(16-18-25)19-21(2)3;1-2-7-4-3-5-8(6-7)9(10)11;3*1-2;/h15-18,21-22,26-27,29H,5-14,19-20H2,1-4H3,(H,30,31);3-6,9H,2H2,1H3;1-2H3;2*1H2;1H/t22-,27-;;;;;/m0...../s1. The highest BCUT2D eigenvalue weighted by Crippen LogP contribution is 2.21. The SMILES string of the molecule is C=C(NC1CCCCC1)[C@H](Cc1ccc(CC(C)C)cc1)NC(=O)[C@@H](C)CCCCC.C=O.C=O.CC.CCc1cccc(C(F)F)c1.F. The van der Waals surface area contributed by atoms with Crippen LogP contribution in [-0.4, -0.2) is 31.6 Å². The molecule has 280 valence electrons. The van der Waals surface area contributed by atoms with Gasteiger partial charge in [0.1, 0.15) is 13.6 Å². The molecule has 2 aromatic carbocycles. The molecular formula is C41H67F3N2O3. The smallest absolute Gasteiger partial charge is 0.263 e. The highest BCUT2D eigenvalue weighted by atomic mass is 19.3. The van der Waals surface area contributed by atoms with Gasteiger partial charge in [0.25, 0.3) is 6.43 Å². The Bertz CT molecular complexity index is 1090. The van der Waals surface area contributed by atoms with Crippen molar-refractivity contribution in [3.63, 3.8) is 0 Å². The van der Waals surface area contributed by atoms with Crippen molar-refractivity contribution < 1.29 is 27.9 Å². The number of benzene rings is 2. The van der Waals surface area contributed by atoms with Crippen LogP contribution in [-0.2, 0) is 33.6 Å². The maximum Gasteiger partial charge on any atom is 0.263 e. The van der Waals surface area contributed by atoms with Crippen LogP contribution < -0.4 is 10.6 Å². The van der Waals surface area contributed by atoms with Crippen LogP contribution in [0.4, 0.5) is 13.5 Å². The Hall–Kier alpha value is -3.42. The molecule has 1 saturated carbocycles. The molecule has 0 radical (unpaired) electrons. The number of nitrogens with one attached hydrogen (secondary N) is 2. The van der Waals surface area contributed by atoms with Crippen LogP contribution in [0.5, 0.6) is 0 Å². The molecule has 0 bridgehead atoms. The van der Waals surface area contributed by atoms with E-state index >= 15 is 0 Å². The van der Waals surface area contributed by atoms with Gasteiger partial charge in [-0.25, -0.2) is 8.78 Å². The van der Waals surface area contributed by atoms with Crippen LogP contribution in [0.15, 0.2) is 60.8 Å². The summed E-state index contributed by atoms with van der Waals surface area (Å²) in [5.41, 5.74) is 4.67. The van der Waals surface area contributed by atoms with Crippen molar-refractivity contribution >= 4 is 19.5 Å². The molecule has 2 aromatic rings. The molecule has 49 heavy (non-hydrogen) atoms. The molecule has 2 atom stereocenters. The molecule has 0 saturated heterocycles. The molecule has 0 aromatic heterocycles. The van der Waals surface area contributed by atoms with Gasteiger partial charge in [0.2, 0.25) is 5.91 Å². The first-order valence-electron chi connectivity index (χ1n) is 17.9. The number of carbonyl (C=O) groups is 3. The van der Waals surface area contributed by atoms with Crippen LogP contribution in [0.3, 0.4) is 0 Å². The third-order valence-corrected chi connectivity index (χ3v) is 8.14. The zero-order valence-electron chi connectivity index (χ0n) is 31.5. The Kier molecular flexibility index (Phi) is 32.4. The number of hydrogen-bond donors (Lipinski definition) is 2. The van der Waals surface area contributed by atoms with Crippen LogP contribution in [0.1, 0.15) is 135 Å². The van der Waals surface area contributed by atoms with E-state index in [4.69, 9.17) is 9.59 Å². The van der Waals surface area contributed by atoms with E-state index in [2.05, 4.69) is 69.2 Å². The molecule has 0 aliphatic heterocycles. The van der Waals surface area contributed by atoms with Gasteiger partial charge >= 0.3 is 0 Å². The number of aryl methyl sites for hydroxylation is 1. The minimum atomic E-state index is -2.35. The van der Waals surface area contributed by atoms with Gasteiger partial charge in [0.05, 0.1) is 6.04 Å². The topological polar surface area (TPSA) is 75.3 Å². The van der Waals surface area contributed by atoms with Gasteiger partial charge in [0, 0.05) is 23.2 Å². The van der Waals surface area contributed by atoms with Gasteiger partial charge < -0.3 is 20.2 Å². The normalized spacial score (nSPS) is 13.2. The van der Waals surface area contributed by atoms with Crippen molar-refractivity contribution in [1.82, 2.24) is 10.6 Å². The summed E-state index contributed by atoms with van der Waals surface area (Å²) in [4.78, 5) is 28.9. The molecule has 8 heteroatoms. The maximum atomic E-state index is 12.9. The van der Waals surface area contributed by atoms with Gasteiger partial charge in [-0.15, -0.1) is 0 Å². The Morgan fingerprint density at radius 3 is 1.88 bits per heavy atom. The van der Waals surface area contributed by atoms with Gasteiger partial charge in [-0.1, -0.05) is 142 Å². The number of amides is 1. The first-order chi connectivity index (χ1) is 23.1. The predicted molar refractivity (Wildman–Crippen MR) is 202 cm³/mol. The molecule has 1 aliphatic rings. The second kappa shape index (κ2) is 31.8. The fourth-order valence-electron chi connectivity index (χ4n) is 5.48. The first-order valence-corrected chi connectivity index (χ1v) is 17.9. The quantitative estimate of drug-likeness (QED) is 0.182. The van der Waals surface area contributed by atoms with E-state index in [1.165, 1.54) is 62.1 Å². The van der Waals surface area contributed by atoms with E-state index < -0.39 is 6.43 Å². The summed E-state index contributed by atoms with van der Waals surface area (Å²) in [6, 6.07) is 15.8. The Morgan fingerprint density at radius 1 is 0.837 bits per heavy atom. The molecule has 1 amide bonds. The summed E-state index contributed by atoms with van der Waals surface area (Å²) in [5.74, 6) is 0.862. The number of hydrogen-bond acceptors (Lipinski definition) is 4. The van der Waals surface area contributed by atoms with E-state index in [1.54, 1.807) is 12.1 Å². The molecule has 1 aliphatic carbocycles. The predicted octanol–water partition coefficient (Wildman–Crippen LogP) is 10.6. The lowest BCUT2D eigenvalue weighted by atomic mass is 9.94. The number of rotatable bonds is 15. The minimum absolute atomic E-state index is 0. The maximum absolute atomic E-state index is 12.9. The van der Waals surface area contributed by atoms with Crippen LogP contribution in [0.2, 0.25) is 0 Å². The molecular weight excluding hydrogens is 625 g/mol. The molecule has 0 spiro atoms. The first kappa shape index (κ1) is 50.0. The highest BCUT2D eigenvalue weighted by Gasteiger charge is 2.23. The summed E-state index contributed by atoms with van der Waals surface area (Å²) in [6.45, 7) is 23.1. The lowest BCUT2D eigenvalue weighted by Crippen LogP contribution is -2.45. The summed E-state index contributed by atoms with van der Waals surface area (Å²) in [6.07, 6.45) is 11.1. The molecule has 1 fully saturated rings. The van der Waals surface area contributed by atoms with Crippen molar-refractivity contribution in [3.8, 4) is 0 Å². The average Bonchev–Trinajstić information content (AvgIpc) is 3.12. The lowest BCUT2D eigenvalue weighted by Gasteiger charge is -2.30. The Morgan fingerprint density at radius 2 is 1.39 bits per heavy atom. The van der Waals surface area contributed by atoms with E-state index in [0.29, 0.717) is 12.0 Å². The second-order valence-electron chi connectivity index (χ2n) is 12.5. The second-order valence-corrected chi connectivity index (χ2v) is 12.5. The van der Waals surface area contributed by atoms with Crippen LogP contribution in [0.25, 0.3) is 0 Å². The highest BCUT2D eigenvalue weighted by molar-refractivity contribution is 5.79. The summed E-state index contributed by atoms with van der Waals surface area (Å²) >= 11 is 0. The molecule has 5 nitrogen and oxygen atoms in total. The van der Waals surface area contributed by atoms with Crippen molar-refractivity contribution in [2.24, 2.45) is 11.8 Å². The molecule has 2 N–H and O–H groups in total. The van der Waals surface area contributed by atoms with E-state index in [1.807, 2.05) is 40.4 Å². The lowest BCUT2D eigenvalue weighted by molar-refractivity contribution is -0.125. The Labute approximate surface area is 296 Å². The molecule has 3 rings (SSSR count). The number of carbonyl (C=O) groups excluding carboxylic acids is 3. The van der Waals surface area contributed by atoms with Crippen LogP contribution >= 0.6 is 0 Å². The molecule has 0 unspecified atom stereocenters. The van der Waals surface area contributed by atoms with Crippen molar-refractivity contribution in [1.29, 1.82) is 0 Å². The molecule has 0 heterocycles. The third-order valence-electron chi connectivity index (χ3n) is 8.14. The van der Waals surface area contributed by atoms with Gasteiger partial charge in [-0.3, -0.25) is 9.50 Å². The van der Waals surface area contributed by atoms with E-state index in [0.717, 1.165) is 43.4 Å². The van der Waals surface area contributed by atoms with Crippen molar-refractivity contribution in [2.75, 3.05) is 0 Å². The minimum Gasteiger partial charge on any atom is -0.384 e. The van der Waals surface area contributed by atoms with Crippen molar-refractivity contribution in [2.45, 2.75) is 144 Å². The largest absolute Gasteiger partial charge is 0.384 e. The fourth-order valence-corrected chi connectivity index (χ4v) is 5.48. The summed E-state index contributed by atoms with van der Waals surface area (Å²) in [5, 5.41) is 6.99. The number of halogens is 3. The zero-order chi connectivity index (χ0) is 36.9. The van der Waals surface area contributed by atoms with E-state index in [9.17, 15) is 13.6 Å². The van der Waals surface area contributed by atoms with Gasteiger partial charge in [-0.05, 0) is 61.1 Å². The fraction of sp³-hybridized carbons (Fsp3) is 0.585. The summed E-state index contributed by atoms with van der Waals surface area (Å²) < 4.78 is 24.2. The van der Waals surface area contributed by atoms with E-state index in [-0.39, 0.29) is 28.1 Å². The Balaban J connectivity index is -0.000000980. The van der Waals surface area contributed by atoms with Gasteiger partial charge in [0.15, 0.2) is 0 Å². The number of unbranched alkanes of at least 4 members (excludes halogenated alkanes) is 2. The average molecular weight is 693 g/mol. The zero-order valence-corrected chi connectivity index (χ0v) is 31.5. The van der Waals surface area contributed by atoms with Gasteiger partial charge in [-0.2, -0.15) is 0 Å². The number of alkyl halides is 2. The third kappa shape index (κ3) is 22.8. The monoisotopic (exact) mass is 693 g/mol. The van der Waals surface area contributed by atoms with Crippen LogP contribution in [0, 0.1) is 11.8 Å². The van der Waals surface area contributed by atoms with Crippen molar-refractivity contribution in [3.05, 3.63) is 83.1 Å².